The minimum Gasteiger partial charge on any atom is -0.396 e. The number of aliphatic hydroxyl groups excluding tert-OH is 1. The molecule has 0 aromatic carbocycles. The summed E-state index contributed by atoms with van der Waals surface area (Å²) in [5.74, 6) is 0.299. The number of carbonyl (C=O) groups is 1. The summed E-state index contributed by atoms with van der Waals surface area (Å²) < 4.78 is 0. The number of rotatable bonds is 8. The van der Waals surface area contributed by atoms with Crippen molar-refractivity contribution in [3.05, 3.63) is 0 Å². The zero-order chi connectivity index (χ0) is 12.3. The molecule has 1 aliphatic heterocycles. The maximum absolute atomic E-state index is 11.8. The van der Waals surface area contributed by atoms with E-state index in [0.29, 0.717) is 12.3 Å². The van der Waals surface area contributed by atoms with E-state index in [0.717, 1.165) is 45.4 Å². The number of hydrogen-bond donors (Lipinski definition) is 2. The number of aliphatic hydroxyl groups is 1. The summed E-state index contributed by atoms with van der Waals surface area (Å²) in [5.41, 5.74) is 0. The maximum atomic E-state index is 11.8. The standard InChI is InChI=1S/C13H26N2O2/c16-12-6-1-3-8-14-9-7-13(17)15-10-4-2-5-11-15/h14,16H,1-12H2. The van der Waals surface area contributed by atoms with Crippen molar-refractivity contribution in [3.8, 4) is 0 Å². The Labute approximate surface area is 104 Å². The van der Waals surface area contributed by atoms with Crippen LogP contribution < -0.4 is 5.32 Å². The predicted molar refractivity (Wildman–Crippen MR) is 68.9 cm³/mol. The van der Waals surface area contributed by atoms with Crippen LogP contribution in [0.25, 0.3) is 0 Å². The third-order valence-electron chi connectivity index (χ3n) is 3.24. The van der Waals surface area contributed by atoms with Gasteiger partial charge in [0.25, 0.3) is 0 Å². The van der Waals surface area contributed by atoms with E-state index in [1.165, 1.54) is 19.3 Å². The van der Waals surface area contributed by atoms with Gasteiger partial charge in [0.05, 0.1) is 0 Å². The van der Waals surface area contributed by atoms with Gasteiger partial charge in [0.15, 0.2) is 0 Å². The van der Waals surface area contributed by atoms with Crippen LogP contribution in [0.5, 0.6) is 0 Å². The highest BCUT2D eigenvalue weighted by atomic mass is 16.2. The molecule has 4 heteroatoms. The second-order valence-corrected chi connectivity index (χ2v) is 4.73. The Morgan fingerprint density at radius 3 is 2.53 bits per heavy atom. The molecule has 1 aliphatic rings. The van der Waals surface area contributed by atoms with Crippen molar-refractivity contribution >= 4 is 5.91 Å². The van der Waals surface area contributed by atoms with E-state index in [-0.39, 0.29) is 6.61 Å². The number of hydrogen-bond acceptors (Lipinski definition) is 3. The third-order valence-corrected chi connectivity index (χ3v) is 3.24. The van der Waals surface area contributed by atoms with Gasteiger partial charge in [-0.3, -0.25) is 4.79 Å². The monoisotopic (exact) mass is 242 g/mol. The lowest BCUT2D eigenvalue weighted by Gasteiger charge is -2.26. The van der Waals surface area contributed by atoms with Crippen LogP contribution in [0.1, 0.15) is 44.9 Å². The SMILES string of the molecule is O=C(CCNCCCCCO)N1CCCCC1. The van der Waals surface area contributed by atoms with Crippen molar-refractivity contribution in [1.29, 1.82) is 0 Å². The zero-order valence-electron chi connectivity index (χ0n) is 10.8. The maximum Gasteiger partial charge on any atom is 0.223 e. The van der Waals surface area contributed by atoms with Crippen LogP contribution in [0, 0.1) is 0 Å². The van der Waals surface area contributed by atoms with Crippen LogP contribution in [0.15, 0.2) is 0 Å². The summed E-state index contributed by atoms with van der Waals surface area (Å²) in [6, 6.07) is 0. The van der Waals surface area contributed by atoms with Gasteiger partial charge in [-0.2, -0.15) is 0 Å². The van der Waals surface area contributed by atoms with Gasteiger partial charge < -0.3 is 15.3 Å². The van der Waals surface area contributed by atoms with Gasteiger partial charge in [0.2, 0.25) is 5.91 Å². The molecule has 1 amide bonds. The predicted octanol–water partition coefficient (Wildman–Crippen LogP) is 1.14. The highest BCUT2D eigenvalue weighted by Crippen LogP contribution is 2.09. The van der Waals surface area contributed by atoms with Crippen molar-refractivity contribution in [3.63, 3.8) is 0 Å². The molecule has 1 saturated heterocycles. The van der Waals surface area contributed by atoms with Crippen molar-refractivity contribution in [2.75, 3.05) is 32.8 Å². The summed E-state index contributed by atoms with van der Waals surface area (Å²) in [7, 11) is 0. The molecular weight excluding hydrogens is 216 g/mol. The average Bonchev–Trinajstić information content (AvgIpc) is 2.38. The quantitative estimate of drug-likeness (QED) is 0.628. The van der Waals surface area contributed by atoms with Gasteiger partial charge in [-0.25, -0.2) is 0 Å². The van der Waals surface area contributed by atoms with Crippen molar-refractivity contribution in [2.24, 2.45) is 0 Å². The molecule has 0 aromatic rings. The number of nitrogens with one attached hydrogen (secondary N) is 1. The fourth-order valence-electron chi connectivity index (χ4n) is 2.16. The van der Waals surface area contributed by atoms with Crippen molar-refractivity contribution < 1.29 is 9.90 Å². The van der Waals surface area contributed by atoms with Crippen LogP contribution >= 0.6 is 0 Å². The number of piperidine rings is 1. The molecule has 17 heavy (non-hydrogen) atoms. The molecule has 4 nitrogen and oxygen atoms in total. The molecule has 0 unspecified atom stereocenters. The third kappa shape index (κ3) is 6.64. The second kappa shape index (κ2) is 9.42. The number of carbonyl (C=O) groups excluding carboxylic acids is 1. The van der Waals surface area contributed by atoms with E-state index in [1.807, 2.05) is 4.90 Å². The second-order valence-electron chi connectivity index (χ2n) is 4.73. The van der Waals surface area contributed by atoms with Crippen LogP contribution in [0.2, 0.25) is 0 Å². The van der Waals surface area contributed by atoms with Gasteiger partial charge >= 0.3 is 0 Å². The smallest absolute Gasteiger partial charge is 0.223 e. The van der Waals surface area contributed by atoms with Gasteiger partial charge in [-0.15, -0.1) is 0 Å². The van der Waals surface area contributed by atoms with E-state index < -0.39 is 0 Å². The van der Waals surface area contributed by atoms with Crippen LogP contribution in [0.3, 0.4) is 0 Å². The molecule has 1 rings (SSSR count). The largest absolute Gasteiger partial charge is 0.396 e. The Balaban J connectivity index is 1.92. The normalized spacial score (nSPS) is 16.2. The Morgan fingerprint density at radius 2 is 1.82 bits per heavy atom. The van der Waals surface area contributed by atoms with E-state index in [2.05, 4.69) is 5.32 Å². The Morgan fingerprint density at radius 1 is 1.06 bits per heavy atom. The molecule has 0 aliphatic carbocycles. The summed E-state index contributed by atoms with van der Waals surface area (Å²) in [6.45, 7) is 3.93. The van der Waals surface area contributed by atoms with Gasteiger partial charge in [0.1, 0.15) is 0 Å². The molecule has 0 aromatic heterocycles. The molecule has 100 valence electrons. The lowest BCUT2D eigenvalue weighted by Crippen LogP contribution is -2.37. The summed E-state index contributed by atoms with van der Waals surface area (Å²) in [5, 5.41) is 11.9. The van der Waals surface area contributed by atoms with Gasteiger partial charge in [-0.1, -0.05) is 0 Å². The molecule has 0 spiro atoms. The molecule has 0 radical (unpaired) electrons. The lowest BCUT2D eigenvalue weighted by atomic mass is 10.1. The Bertz CT molecular complexity index is 204. The lowest BCUT2D eigenvalue weighted by molar-refractivity contribution is -0.131. The molecule has 0 bridgehead atoms. The molecule has 2 N–H and O–H groups in total. The Hall–Kier alpha value is -0.610. The summed E-state index contributed by atoms with van der Waals surface area (Å²) >= 11 is 0. The van der Waals surface area contributed by atoms with Crippen molar-refractivity contribution in [2.45, 2.75) is 44.9 Å². The number of likely N-dealkylation sites (tertiary alicyclic amines) is 1. The van der Waals surface area contributed by atoms with Crippen molar-refractivity contribution in [1.82, 2.24) is 10.2 Å². The molecule has 1 heterocycles. The first kappa shape index (κ1) is 14.5. The number of unbranched alkanes of at least 4 members (excludes halogenated alkanes) is 2. The van der Waals surface area contributed by atoms with Crippen LogP contribution in [0.4, 0.5) is 0 Å². The van der Waals surface area contributed by atoms with Crippen LogP contribution in [-0.4, -0.2) is 48.7 Å². The summed E-state index contributed by atoms with van der Waals surface area (Å²) in [6.07, 6.45) is 7.25. The number of amides is 1. The highest BCUT2D eigenvalue weighted by Gasteiger charge is 2.15. The average molecular weight is 242 g/mol. The minimum absolute atomic E-state index is 0.285. The van der Waals surface area contributed by atoms with E-state index in [1.54, 1.807) is 0 Å². The molecule has 0 atom stereocenters. The number of nitrogens with zero attached hydrogens (tertiary/aromatic N) is 1. The first-order valence-electron chi connectivity index (χ1n) is 6.94. The fraction of sp³-hybridized carbons (Fsp3) is 0.923. The highest BCUT2D eigenvalue weighted by molar-refractivity contribution is 5.76. The van der Waals surface area contributed by atoms with Gasteiger partial charge in [-0.05, 0) is 45.1 Å². The first-order chi connectivity index (χ1) is 8.34. The minimum atomic E-state index is 0.285. The van der Waals surface area contributed by atoms with E-state index >= 15 is 0 Å². The molecule has 0 saturated carbocycles. The topological polar surface area (TPSA) is 52.6 Å². The van der Waals surface area contributed by atoms with E-state index in [4.69, 9.17) is 5.11 Å². The Kier molecular flexibility index (Phi) is 8.01. The summed E-state index contributed by atoms with van der Waals surface area (Å²) in [4.78, 5) is 13.8. The zero-order valence-corrected chi connectivity index (χ0v) is 10.8. The van der Waals surface area contributed by atoms with Gasteiger partial charge in [0, 0.05) is 32.7 Å². The van der Waals surface area contributed by atoms with E-state index in [9.17, 15) is 4.79 Å². The molecule has 1 fully saturated rings. The van der Waals surface area contributed by atoms with Crippen LogP contribution in [-0.2, 0) is 4.79 Å². The first-order valence-corrected chi connectivity index (χ1v) is 6.94. The fourth-order valence-corrected chi connectivity index (χ4v) is 2.16. The molecular formula is C13H26N2O2.